The van der Waals surface area contributed by atoms with Crippen LogP contribution in [0.15, 0.2) is 41.8 Å². The molecule has 1 aliphatic carbocycles. The lowest BCUT2D eigenvalue weighted by Gasteiger charge is -2.18. The van der Waals surface area contributed by atoms with Gasteiger partial charge in [-0.3, -0.25) is 4.79 Å². The molecule has 0 saturated heterocycles. The number of hydrogen-bond acceptors (Lipinski definition) is 2. The maximum Gasteiger partial charge on any atom is 0.224 e. The fourth-order valence-electron chi connectivity index (χ4n) is 2.37. The van der Waals surface area contributed by atoms with E-state index in [0.717, 1.165) is 16.9 Å². The molecule has 2 nitrogen and oxygen atoms in total. The summed E-state index contributed by atoms with van der Waals surface area (Å²) in [6.45, 7) is 2.09. The molecule has 0 radical (unpaired) electrons. The molecular weight excluding hydrogens is 273 g/mol. The number of amides is 1. The van der Waals surface area contributed by atoms with Crippen molar-refractivity contribution in [1.82, 2.24) is 5.32 Å². The zero-order chi connectivity index (χ0) is 14.1. The predicted octanol–water partition coefficient (Wildman–Crippen LogP) is 3.75. The number of carbonyl (C=O) groups excluding carboxylic acids is 1. The second-order valence-corrected chi connectivity index (χ2v) is 6.31. The number of hydrogen-bond donors (Lipinski definition) is 1. The zero-order valence-electron chi connectivity index (χ0n) is 11.2. The van der Waals surface area contributed by atoms with E-state index in [9.17, 15) is 9.18 Å². The smallest absolute Gasteiger partial charge is 0.224 e. The Balaban J connectivity index is 1.84. The van der Waals surface area contributed by atoms with Crippen LogP contribution >= 0.6 is 11.3 Å². The normalized spacial score (nSPS) is 22.3. The van der Waals surface area contributed by atoms with E-state index in [-0.39, 0.29) is 23.7 Å². The lowest BCUT2D eigenvalue weighted by atomic mass is 10.0. The molecule has 1 N–H and O–H groups in total. The summed E-state index contributed by atoms with van der Waals surface area (Å²) < 4.78 is 13.1. The molecule has 104 valence electrons. The fraction of sp³-hybridized carbons (Fsp3) is 0.312. The Labute approximate surface area is 121 Å². The highest BCUT2D eigenvalue weighted by molar-refractivity contribution is 7.10. The molecule has 2 aromatic rings. The highest BCUT2D eigenvalue weighted by Gasteiger charge is 2.40. The second-order valence-electron chi connectivity index (χ2n) is 5.33. The third-order valence-electron chi connectivity index (χ3n) is 3.76. The minimum atomic E-state index is -0.263. The van der Waals surface area contributed by atoms with E-state index in [4.69, 9.17) is 0 Å². The SMILES string of the molecule is C[C@@H]1C[C@@H]1C(=O)N[C@@H](c1ccc(F)cc1)c1cccs1. The Morgan fingerprint density at radius 3 is 2.60 bits per heavy atom. The number of halogens is 1. The van der Waals surface area contributed by atoms with Gasteiger partial charge >= 0.3 is 0 Å². The Morgan fingerprint density at radius 2 is 2.05 bits per heavy atom. The molecule has 1 amide bonds. The Kier molecular flexibility index (Phi) is 3.57. The molecule has 0 aliphatic heterocycles. The van der Waals surface area contributed by atoms with Gasteiger partial charge in [-0.1, -0.05) is 25.1 Å². The average Bonchev–Trinajstić information content (AvgIpc) is 2.95. The molecule has 1 aromatic carbocycles. The summed E-state index contributed by atoms with van der Waals surface area (Å²) >= 11 is 1.60. The lowest BCUT2D eigenvalue weighted by molar-refractivity contribution is -0.123. The van der Waals surface area contributed by atoms with Gasteiger partial charge in [0, 0.05) is 10.8 Å². The van der Waals surface area contributed by atoms with E-state index >= 15 is 0 Å². The number of carbonyl (C=O) groups is 1. The minimum absolute atomic E-state index is 0.0974. The molecule has 1 saturated carbocycles. The van der Waals surface area contributed by atoms with E-state index in [1.807, 2.05) is 17.5 Å². The van der Waals surface area contributed by atoms with Gasteiger partial charge in [-0.25, -0.2) is 4.39 Å². The Morgan fingerprint density at radius 1 is 1.35 bits per heavy atom. The van der Waals surface area contributed by atoms with Crippen LogP contribution in [-0.2, 0) is 4.79 Å². The first kappa shape index (κ1) is 13.3. The lowest BCUT2D eigenvalue weighted by Crippen LogP contribution is -2.30. The third-order valence-corrected chi connectivity index (χ3v) is 4.70. The van der Waals surface area contributed by atoms with Gasteiger partial charge in [0.1, 0.15) is 5.82 Å². The van der Waals surface area contributed by atoms with Crippen molar-refractivity contribution in [3.8, 4) is 0 Å². The number of benzene rings is 1. The summed E-state index contributed by atoms with van der Waals surface area (Å²) in [4.78, 5) is 13.2. The van der Waals surface area contributed by atoms with Crippen LogP contribution in [0.5, 0.6) is 0 Å². The molecule has 1 heterocycles. The van der Waals surface area contributed by atoms with Crippen molar-refractivity contribution in [2.45, 2.75) is 19.4 Å². The molecule has 20 heavy (non-hydrogen) atoms. The van der Waals surface area contributed by atoms with Crippen LogP contribution in [0.4, 0.5) is 4.39 Å². The van der Waals surface area contributed by atoms with E-state index in [1.165, 1.54) is 12.1 Å². The van der Waals surface area contributed by atoms with Gasteiger partial charge in [0.15, 0.2) is 0 Å². The van der Waals surface area contributed by atoms with Gasteiger partial charge in [-0.15, -0.1) is 11.3 Å². The molecule has 1 aliphatic rings. The van der Waals surface area contributed by atoms with Crippen LogP contribution in [0.25, 0.3) is 0 Å². The van der Waals surface area contributed by atoms with Crippen molar-refractivity contribution >= 4 is 17.2 Å². The van der Waals surface area contributed by atoms with Crippen molar-refractivity contribution in [2.24, 2.45) is 11.8 Å². The van der Waals surface area contributed by atoms with Crippen molar-refractivity contribution in [3.05, 3.63) is 58.0 Å². The highest BCUT2D eigenvalue weighted by atomic mass is 32.1. The molecule has 0 spiro atoms. The van der Waals surface area contributed by atoms with Crippen molar-refractivity contribution in [3.63, 3.8) is 0 Å². The maximum atomic E-state index is 13.1. The van der Waals surface area contributed by atoms with Crippen LogP contribution < -0.4 is 5.32 Å². The van der Waals surface area contributed by atoms with E-state index in [2.05, 4.69) is 12.2 Å². The van der Waals surface area contributed by atoms with Gasteiger partial charge in [0.2, 0.25) is 5.91 Å². The van der Waals surface area contributed by atoms with Crippen molar-refractivity contribution in [2.75, 3.05) is 0 Å². The standard InChI is InChI=1S/C16H16FNOS/c1-10-9-13(10)16(19)18-15(14-3-2-8-20-14)11-4-6-12(17)7-5-11/h2-8,10,13,15H,9H2,1H3,(H,18,19)/t10-,13+,15+/m1/s1. The van der Waals surface area contributed by atoms with E-state index in [0.29, 0.717) is 5.92 Å². The topological polar surface area (TPSA) is 29.1 Å². The van der Waals surface area contributed by atoms with Gasteiger partial charge in [0.05, 0.1) is 6.04 Å². The van der Waals surface area contributed by atoms with Gasteiger partial charge < -0.3 is 5.32 Å². The summed E-state index contributed by atoms with van der Waals surface area (Å²) in [5.41, 5.74) is 0.913. The molecule has 4 heteroatoms. The Hall–Kier alpha value is -1.68. The maximum absolute atomic E-state index is 13.1. The average molecular weight is 289 g/mol. The summed E-state index contributed by atoms with van der Waals surface area (Å²) in [7, 11) is 0. The van der Waals surface area contributed by atoms with Crippen LogP contribution in [0.1, 0.15) is 29.8 Å². The van der Waals surface area contributed by atoms with Crippen LogP contribution in [-0.4, -0.2) is 5.91 Å². The monoisotopic (exact) mass is 289 g/mol. The summed E-state index contributed by atoms with van der Waals surface area (Å²) in [5, 5.41) is 5.08. The number of thiophene rings is 1. The van der Waals surface area contributed by atoms with Crippen LogP contribution in [0.2, 0.25) is 0 Å². The van der Waals surface area contributed by atoms with Crippen molar-refractivity contribution in [1.29, 1.82) is 0 Å². The third kappa shape index (κ3) is 2.75. The first-order valence-electron chi connectivity index (χ1n) is 6.74. The summed E-state index contributed by atoms with van der Waals surface area (Å²) in [6.07, 6.45) is 0.965. The van der Waals surface area contributed by atoms with E-state index < -0.39 is 0 Å². The molecule has 1 aromatic heterocycles. The molecule has 3 atom stereocenters. The molecule has 0 unspecified atom stereocenters. The fourth-order valence-corrected chi connectivity index (χ4v) is 3.17. The minimum Gasteiger partial charge on any atom is -0.344 e. The van der Waals surface area contributed by atoms with Crippen LogP contribution in [0, 0.1) is 17.7 Å². The van der Waals surface area contributed by atoms with Crippen molar-refractivity contribution < 1.29 is 9.18 Å². The largest absolute Gasteiger partial charge is 0.344 e. The quantitative estimate of drug-likeness (QED) is 0.912. The van der Waals surface area contributed by atoms with Gasteiger partial charge in [-0.2, -0.15) is 0 Å². The zero-order valence-corrected chi connectivity index (χ0v) is 12.0. The molecular formula is C16H16FNOS. The summed E-state index contributed by atoms with van der Waals surface area (Å²) in [6, 6.07) is 10.1. The first-order chi connectivity index (χ1) is 9.65. The predicted molar refractivity (Wildman–Crippen MR) is 78.0 cm³/mol. The Bertz CT molecular complexity index is 593. The summed E-state index contributed by atoms with van der Waals surface area (Å²) in [5.74, 6) is 0.450. The number of rotatable bonds is 4. The van der Waals surface area contributed by atoms with Crippen LogP contribution in [0.3, 0.4) is 0 Å². The first-order valence-corrected chi connectivity index (χ1v) is 7.62. The highest BCUT2D eigenvalue weighted by Crippen LogP contribution is 2.38. The molecule has 0 bridgehead atoms. The van der Waals surface area contributed by atoms with E-state index in [1.54, 1.807) is 23.5 Å². The van der Waals surface area contributed by atoms with Gasteiger partial charge in [-0.05, 0) is 41.5 Å². The molecule has 1 fully saturated rings. The molecule has 3 rings (SSSR count). The second kappa shape index (κ2) is 5.37. The number of nitrogens with one attached hydrogen (secondary N) is 1. The van der Waals surface area contributed by atoms with Gasteiger partial charge in [0.25, 0.3) is 0 Å².